The van der Waals surface area contributed by atoms with Crippen LogP contribution in [0.1, 0.15) is 58.8 Å². The first-order chi connectivity index (χ1) is 10.6. The summed E-state index contributed by atoms with van der Waals surface area (Å²) in [7, 11) is 0. The van der Waals surface area contributed by atoms with Gasteiger partial charge in [0.1, 0.15) is 0 Å². The highest BCUT2D eigenvalue weighted by atomic mass is 16.1. The molecule has 22 heavy (non-hydrogen) atoms. The predicted octanol–water partition coefficient (Wildman–Crippen LogP) is 2.49. The summed E-state index contributed by atoms with van der Waals surface area (Å²) in [5.41, 5.74) is 0. The summed E-state index contributed by atoms with van der Waals surface area (Å²) in [4.78, 5) is 17.3. The van der Waals surface area contributed by atoms with E-state index in [0.29, 0.717) is 12.5 Å². The van der Waals surface area contributed by atoms with Gasteiger partial charge in [-0.2, -0.15) is 0 Å². The number of nitrogens with one attached hydrogen (secondary N) is 1. The van der Waals surface area contributed by atoms with Crippen molar-refractivity contribution in [1.29, 1.82) is 0 Å². The average molecular weight is 309 g/mol. The van der Waals surface area contributed by atoms with E-state index in [-0.39, 0.29) is 5.91 Å². The molecule has 4 nitrogen and oxygen atoms in total. The van der Waals surface area contributed by atoms with Crippen LogP contribution in [0.4, 0.5) is 0 Å². The fraction of sp³-hybridized carbons (Fsp3) is 0.944. The van der Waals surface area contributed by atoms with Crippen LogP contribution in [0.2, 0.25) is 0 Å². The molecule has 2 saturated heterocycles. The second-order valence-corrected chi connectivity index (χ2v) is 7.49. The Bertz CT molecular complexity index is 332. The monoisotopic (exact) mass is 309 g/mol. The van der Waals surface area contributed by atoms with Gasteiger partial charge < -0.3 is 10.2 Å². The molecule has 0 radical (unpaired) electrons. The first-order valence-electron chi connectivity index (χ1n) is 9.38. The second-order valence-electron chi connectivity index (χ2n) is 7.49. The van der Waals surface area contributed by atoms with E-state index in [0.717, 1.165) is 25.4 Å². The topological polar surface area (TPSA) is 35.6 Å². The van der Waals surface area contributed by atoms with Crippen molar-refractivity contribution < 1.29 is 4.79 Å². The zero-order valence-corrected chi connectivity index (χ0v) is 14.6. The maximum absolute atomic E-state index is 12.1. The van der Waals surface area contributed by atoms with Crippen molar-refractivity contribution in [2.45, 2.75) is 64.8 Å². The molecule has 2 rings (SSSR count). The molecule has 0 aromatic heterocycles. The molecule has 4 heteroatoms. The van der Waals surface area contributed by atoms with Crippen LogP contribution in [0.15, 0.2) is 0 Å². The Morgan fingerprint density at radius 3 is 2.50 bits per heavy atom. The van der Waals surface area contributed by atoms with Crippen molar-refractivity contribution in [1.82, 2.24) is 15.1 Å². The Labute approximate surface area is 136 Å². The van der Waals surface area contributed by atoms with Crippen molar-refractivity contribution in [2.24, 2.45) is 5.92 Å². The number of carbonyl (C=O) groups excluding carboxylic acids is 1. The van der Waals surface area contributed by atoms with E-state index in [4.69, 9.17) is 0 Å². The Hall–Kier alpha value is -0.610. The summed E-state index contributed by atoms with van der Waals surface area (Å²) in [5.74, 6) is 0.975. The fourth-order valence-corrected chi connectivity index (χ4v) is 3.86. The minimum Gasteiger partial charge on any atom is -0.356 e. The third-order valence-electron chi connectivity index (χ3n) is 4.94. The smallest absolute Gasteiger partial charge is 0.221 e. The lowest BCUT2D eigenvalue weighted by molar-refractivity contribution is -0.122. The van der Waals surface area contributed by atoms with E-state index in [2.05, 4.69) is 29.0 Å². The molecule has 2 heterocycles. The SMILES string of the molecule is CC(C)CN1CCCCN2CCCCC2CC(=O)NCCC1. The summed E-state index contributed by atoms with van der Waals surface area (Å²) >= 11 is 0. The first-order valence-corrected chi connectivity index (χ1v) is 9.38. The van der Waals surface area contributed by atoms with Gasteiger partial charge >= 0.3 is 0 Å². The number of hydrogen-bond donors (Lipinski definition) is 1. The normalized spacial score (nSPS) is 27.4. The maximum atomic E-state index is 12.1. The van der Waals surface area contributed by atoms with Gasteiger partial charge in [-0.15, -0.1) is 0 Å². The fourth-order valence-electron chi connectivity index (χ4n) is 3.86. The van der Waals surface area contributed by atoms with E-state index in [1.807, 2.05) is 0 Å². The molecule has 0 aromatic rings. The zero-order valence-electron chi connectivity index (χ0n) is 14.6. The molecule has 0 bridgehead atoms. The predicted molar refractivity (Wildman–Crippen MR) is 92.0 cm³/mol. The second kappa shape index (κ2) is 9.51. The van der Waals surface area contributed by atoms with Crippen LogP contribution < -0.4 is 5.32 Å². The van der Waals surface area contributed by atoms with Crippen molar-refractivity contribution in [2.75, 3.05) is 39.3 Å². The standard InChI is InChI=1S/C18H35N3O/c1-16(2)15-20-10-5-6-13-21-12-4-3-8-17(21)14-18(22)19-9-7-11-20/h16-17H,3-15H2,1-2H3,(H,19,22). The van der Waals surface area contributed by atoms with Gasteiger partial charge in [-0.1, -0.05) is 20.3 Å². The van der Waals surface area contributed by atoms with E-state index < -0.39 is 0 Å². The lowest BCUT2D eigenvalue weighted by Gasteiger charge is -2.35. The third-order valence-corrected chi connectivity index (χ3v) is 4.94. The van der Waals surface area contributed by atoms with Gasteiger partial charge in [0.05, 0.1) is 0 Å². The number of hydrogen-bond acceptors (Lipinski definition) is 3. The van der Waals surface area contributed by atoms with Crippen molar-refractivity contribution in [3.05, 3.63) is 0 Å². The van der Waals surface area contributed by atoms with Crippen LogP contribution in [0.3, 0.4) is 0 Å². The van der Waals surface area contributed by atoms with Crippen molar-refractivity contribution >= 4 is 5.91 Å². The van der Waals surface area contributed by atoms with Crippen LogP contribution in [-0.2, 0) is 4.79 Å². The van der Waals surface area contributed by atoms with E-state index >= 15 is 0 Å². The van der Waals surface area contributed by atoms with Crippen LogP contribution >= 0.6 is 0 Å². The van der Waals surface area contributed by atoms with Crippen molar-refractivity contribution in [3.63, 3.8) is 0 Å². The summed E-state index contributed by atoms with van der Waals surface area (Å²) < 4.78 is 0. The average Bonchev–Trinajstić information content (AvgIpc) is 2.49. The Balaban J connectivity index is 1.89. The molecular weight excluding hydrogens is 274 g/mol. The highest BCUT2D eigenvalue weighted by Crippen LogP contribution is 2.20. The van der Waals surface area contributed by atoms with E-state index in [1.54, 1.807) is 0 Å². The molecule has 0 aromatic carbocycles. The van der Waals surface area contributed by atoms with Crippen molar-refractivity contribution in [3.8, 4) is 0 Å². The largest absolute Gasteiger partial charge is 0.356 e. The number of carbonyl (C=O) groups is 1. The Morgan fingerprint density at radius 2 is 1.73 bits per heavy atom. The van der Waals surface area contributed by atoms with Gasteiger partial charge in [-0.3, -0.25) is 9.69 Å². The Morgan fingerprint density at radius 1 is 1.05 bits per heavy atom. The zero-order chi connectivity index (χ0) is 15.8. The molecule has 0 saturated carbocycles. The van der Waals surface area contributed by atoms with Gasteiger partial charge in [-0.25, -0.2) is 0 Å². The third kappa shape index (κ3) is 6.25. The molecule has 2 aliphatic heterocycles. The molecule has 1 unspecified atom stereocenters. The van der Waals surface area contributed by atoms with Crippen LogP contribution in [-0.4, -0.2) is 61.0 Å². The molecule has 1 N–H and O–H groups in total. The van der Waals surface area contributed by atoms with Gasteiger partial charge in [0.2, 0.25) is 5.91 Å². The minimum atomic E-state index is 0.256. The molecule has 1 atom stereocenters. The molecule has 1 amide bonds. The number of piperidine rings is 1. The lowest BCUT2D eigenvalue weighted by atomic mass is 9.98. The van der Waals surface area contributed by atoms with Gasteiger partial charge in [0.15, 0.2) is 0 Å². The van der Waals surface area contributed by atoms with Gasteiger partial charge in [0, 0.05) is 25.6 Å². The minimum absolute atomic E-state index is 0.256. The highest BCUT2D eigenvalue weighted by molar-refractivity contribution is 5.76. The summed E-state index contributed by atoms with van der Waals surface area (Å²) in [5, 5.41) is 3.14. The molecule has 0 aliphatic carbocycles. The number of nitrogens with zero attached hydrogens (tertiary/aromatic N) is 2. The summed E-state index contributed by atoms with van der Waals surface area (Å²) in [6.45, 7) is 11.3. The molecule has 0 spiro atoms. The lowest BCUT2D eigenvalue weighted by Crippen LogP contribution is -2.43. The molecular formula is C18H35N3O. The van der Waals surface area contributed by atoms with Gasteiger partial charge in [0.25, 0.3) is 0 Å². The quantitative estimate of drug-likeness (QED) is 0.851. The highest BCUT2D eigenvalue weighted by Gasteiger charge is 2.24. The van der Waals surface area contributed by atoms with Crippen LogP contribution in [0.5, 0.6) is 0 Å². The Kier molecular flexibility index (Phi) is 7.67. The van der Waals surface area contributed by atoms with Crippen LogP contribution in [0.25, 0.3) is 0 Å². The molecule has 128 valence electrons. The van der Waals surface area contributed by atoms with E-state index in [1.165, 1.54) is 58.3 Å². The summed E-state index contributed by atoms with van der Waals surface area (Å²) in [6, 6.07) is 0.487. The number of amides is 1. The van der Waals surface area contributed by atoms with E-state index in [9.17, 15) is 4.79 Å². The number of fused-ring (bicyclic) bond motifs is 1. The van der Waals surface area contributed by atoms with Gasteiger partial charge in [-0.05, 0) is 64.2 Å². The first kappa shape index (κ1) is 17.7. The molecule has 2 aliphatic rings. The van der Waals surface area contributed by atoms with Crippen LogP contribution in [0, 0.1) is 5.92 Å². The summed E-state index contributed by atoms with van der Waals surface area (Å²) in [6.07, 6.45) is 8.13. The maximum Gasteiger partial charge on any atom is 0.221 e. The number of rotatable bonds is 2. The molecule has 2 fully saturated rings.